The van der Waals surface area contributed by atoms with Crippen LogP contribution in [0.15, 0.2) is 47.1 Å². The van der Waals surface area contributed by atoms with Crippen molar-refractivity contribution in [3.05, 3.63) is 59.5 Å². The molecule has 1 aliphatic heterocycles. The molecular formula is C34H41N3O8. The molecule has 2 aliphatic rings. The summed E-state index contributed by atoms with van der Waals surface area (Å²) in [5.41, 5.74) is 5.95. The quantitative estimate of drug-likeness (QED) is 0.173. The number of likely N-dealkylation sites (tertiary alicyclic amines) is 1. The third kappa shape index (κ3) is 5.76. The monoisotopic (exact) mass is 619 g/mol. The first-order valence-electron chi connectivity index (χ1n) is 15.5. The highest BCUT2D eigenvalue weighted by molar-refractivity contribution is 6.05. The molecule has 0 radical (unpaired) electrons. The number of H-pyrrole nitrogens is 1. The van der Waals surface area contributed by atoms with Crippen molar-refractivity contribution in [2.45, 2.75) is 69.2 Å². The number of piperidine rings is 1. The maximum Gasteiger partial charge on any atom is 0.352 e. The number of amides is 1. The number of aromatic carboxylic acids is 1. The molecule has 2 fully saturated rings. The molecule has 4 aromatic rings. The van der Waals surface area contributed by atoms with Gasteiger partial charge in [-0.2, -0.15) is 0 Å². The second-order valence-corrected chi connectivity index (χ2v) is 12.8. The van der Waals surface area contributed by atoms with Crippen LogP contribution in [0.2, 0.25) is 0 Å². The smallest absolute Gasteiger partial charge is 0.352 e. The van der Waals surface area contributed by atoms with Crippen molar-refractivity contribution >= 4 is 33.7 Å². The summed E-state index contributed by atoms with van der Waals surface area (Å²) in [4.78, 5) is 31.2. The zero-order chi connectivity index (χ0) is 31.9. The van der Waals surface area contributed by atoms with Gasteiger partial charge < -0.3 is 44.8 Å². The minimum Gasteiger partial charge on any atom is -0.497 e. The first kappa shape index (κ1) is 30.9. The molecule has 1 saturated heterocycles. The standard InChI is InChI=1S/C34H41N3O8/c1-20-17-37(14-8-25(20)38)15-13-33(42)9-11-34(12-10-33,32(35)41)29-28-24(36-30(29)31(39)40)4-3-5-26(28)44-18-21-19-45-27-16-22(43-2)6-7-23(21)27/h3-7,16,19-20,25,36,38,42H,8-15,17-18H2,1-2H3,(H2,35,41)(H,39,40)/t20-,25-,33?,34?/m0/s1. The molecule has 45 heavy (non-hydrogen) atoms. The van der Waals surface area contributed by atoms with Crippen molar-refractivity contribution in [1.82, 2.24) is 9.88 Å². The third-order valence-electron chi connectivity index (χ3n) is 10.1. The van der Waals surface area contributed by atoms with Crippen LogP contribution in [0.4, 0.5) is 0 Å². The van der Waals surface area contributed by atoms with E-state index >= 15 is 0 Å². The van der Waals surface area contributed by atoms with Gasteiger partial charge in [0.1, 0.15) is 29.4 Å². The van der Waals surface area contributed by atoms with Crippen LogP contribution in [0.1, 0.15) is 67.1 Å². The number of hydrogen-bond donors (Lipinski definition) is 5. The number of aliphatic hydroxyl groups is 2. The highest BCUT2D eigenvalue weighted by Crippen LogP contribution is 2.49. The summed E-state index contributed by atoms with van der Waals surface area (Å²) in [5.74, 6) is -0.576. The number of nitrogens with one attached hydrogen (secondary N) is 1. The Morgan fingerprint density at radius 3 is 2.64 bits per heavy atom. The van der Waals surface area contributed by atoms with Gasteiger partial charge in [0.05, 0.1) is 36.0 Å². The minimum atomic E-state index is -1.32. The van der Waals surface area contributed by atoms with Gasteiger partial charge in [0.25, 0.3) is 0 Å². The molecule has 240 valence electrons. The summed E-state index contributed by atoms with van der Waals surface area (Å²) < 4.78 is 17.3. The predicted molar refractivity (Wildman–Crippen MR) is 167 cm³/mol. The fourth-order valence-electron chi connectivity index (χ4n) is 7.23. The Balaban J connectivity index is 1.29. The fraction of sp³-hybridized carbons (Fsp3) is 0.471. The lowest BCUT2D eigenvalue weighted by Gasteiger charge is -2.44. The third-order valence-corrected chi connectivity index (χ3v) is 10.1. The number of nitrogens with two attached hydrogens (primary N) is 1. The number of furan rings is 1. The number of carbonyl (C=O) groups excluding carboxylic acids is 1. The summed E-state index contributed by atoms with van der Waals surface area (Å²) >= 11 is 0. The lowest BCUT2D eigenvalue weighted by Crippen LogP contribution is -2.50. The van der Waals surface area contributed by atoms with Crippen LogP contribution in [0.5, 0.6) is 11.5 Å². The van der Waals surface area contributed by atoms with Crippen molar-refractivity contribution in [1.29, 1.82) is 0 Å². The number of ether oxygens (including phenoxy) is 2. The normalized spacial score (nSPS) is 25.9. The lowest BCUT2D eigenvalue weighted by molar-refractivity contribution is -0.127. The molecule has 11 heteroatoms. The van der Waals surface area contributed by atoms with Crippen molar-refractivity contribution in [3.63, 3.8) is 0 Å². The number of carboxylic acid groups (broad SMARTS) is 1. The number of nitrogens with zero attached hydrogens (tertiary/aromatic N) is 1. The van der Waals surface area contributed by atoms with Gasteiger partial charge in [-0.25, -0.2) is 4.79 Å². The predicted octanol–water partition coefficient (Wildman–Crippen LogP) is 4.32. The fourth-order valence-corrected chi connectivity index (χ4v) is 7.23. The van der Waals surface area contributed by atoms with Gasteiger partial charge in [-0.05, 0) is 68.7 Å². The van der Waals surface area contributed by atoms with Crippen molar-refractivity contribution in [2.75, 3.05) is 26.7 Å². The zero-order valence-corrected chi connectivity index (χ0v) is 25.7. The van der Waals surface area contributed by atoms with E-state index in [1.54, 1.807) is 37.6 Å². The van der Waals surface area contributed by atoms with Gasteiger partial charge >= 0.3 is 5.97 Å². The number of hydrogen-bond acceptors (Lipinski definition) is 8. The number of aromatic nitrogens is 1. The Morgan fingerprint density at radius 1 is 1.18 bits per heavy atom. The van der Waals surface area contributed by atoms with E-state index in [9.17, 15) is 24.9 Å². The molecule has 2 aromatic heterocycles. The summed E-state index contributed by atoms with van der Waals surface area (Å²) in [6.45, 7) is 4.39. The maximum atomic E-state index is 13.4. The van der Waals surface area contributed by atoms with E-state index in [1.165, 1.54) is 0 Å². The van der Waals surface area contributed by atoms with Gasteiger partial charge in [-0.1, -0.05) is 13.0 Å². The van der Waals surface area contributed by atoms with Crippen LogP contribution in [-0.2, 0) is 16.8 Å². The van der Waals surface area contributed by atoms with Gasteiger partial charge in [0.2, 0.25) is 5.91 Å². The SMILES string of the molecule is COc1ccc2c(COc3cccc4[nH]c(C(=O)O)c(C5(C(N)=O)CCC(O)(CCN6CC[C@H](O)[C@@H](C)C6)CC5)c34)coc2c1. The van der Waals surface area contributed by atoms with Crippen LogP contribution in [0.25, 0.3) is 21.9 Å². The average molecular weight is 620 g/mol. The molecule has 1 aliphatic carbocycles. The van der Waals surface area contributed by atoms with Crippen LogP contribution in [-0.4, -0.2) is 75.5 Å². The first-order chi connectivity index (χ1) is 21.5. The number of methoxy groups -OCH3 is 1. The van der Waals surface area contributed by atoms with E-state index in [4.69, 9.17) is 19.6 Å². The maximum absolute atomic E-state index is 13.4. The molecule has 6 rings (SSSR count). The molecule has 11 nitrogen and oxygen atoms in total. The molecule has 1 saturated carbocycles. The minimum absolute atomic E-state index is 0.105. The number of rotatable bonds is 10. The van der Waals surface area contributed by atoms with Gasteiger partial charge in [0.15, 0.2) is 0 Å². The molecular weight excluding hydrogens is 578 g/mol. The molecule has 0 spiro atoms. The average Bonchev–Trinajstić information content (AvgIpc) is 3.63. The molecule has 0 bridgehead atoms. The van der Waals surface area contributed by atoms with Gasteiger partial charge in [-0.3, -0.25) is 4.79 Å². The van der Waals surface area contributed by atoms with Crippen molar-refractivity contribution < 1.29 is 38.8 Å². The van der Waals surface area contributed by atoms with Gasteiger partial charge in [-0.15, -0.1) is 0 Å². The van der Waals surface area contributed by atoms with E-state index in [0.29, 0.717) is 65.8 Å². The van der Waals surface area contributed by atoms with Crippen LogP contribution < -0.4 is 15.2 Å². The highest BCUT2D eigenvalue weighted by atomic mass is 16.5. The molecule has 1 amide bonds. The molecule has 0 unspecified atom stereocenters. The Labute approximate surface area is 260 Å². The molecule has 3 heterocycles. The largest absolute Gasteiger partial charge is 0.497 e. The molecule has 2 atom stereocenters. The molecule has 2 aromatic carbocycles. The molecule has 6 N–H and O–H groups in total. The number of aliphatic hydroxyl groups excluding tert-OH is 1. The van der Waals surface area contributed by atoms with E-state index in [1.807, 2.05) is 19.1 Å². The lowest BCUT2D eigenvalue weighted by atomic mass is 9.63. The van der Waals surface area contributed by atoms with E-state index in [0.717, 1.165) is 24.0 Å². The summed E-state index contributed by atoms with van der Waals surface area (Å²) in [7, 11) is 1.59. The van der Waals surface area contributed by atoms with Crippen LogP contribution >= 0.6 is 0 Å². The van der Waals surface area contributed by atoms with E-state index < -0.39 is 22.9 Å². The second-order valence-electron chi connectivity index (χ2n) is 12.8. The first-order valence-corrected chi connectivity index (χ1v) is 15.5. The number of benzene rings is 2. The van der Waals surface area contributed by atoms with Crippen molar-refractivity contribution in [2.24, 2.45) is 11.7 Å². The Kier molecular flexibility index (Phi) is 8.28. The topological polar surface area (TPSA) is 171 Å². The number of carbonyl (C=O) groups is 2. The number of aromatic amines is 1. The Hall–Kier alpha value is -4.06. The van der Waals surface area contributed by atoms with Crippen LogP contribution in [0.3, 0.4) is 0 Å². The Morgan fingerprint density at radius 2 is 1.96 bits per heavy atom. The van der Waals surface area contributed by atoms with E-state index in [-0.39, 0.29) is 37.2 Å². The zero-order valence-electron chi connectivity index (χ0n) is 25.7. The summed E-state index contributed by atoms with van der Waals surface area (Å²) in [6, 6.07) is 10.8. The van der Waals surface area contributed by atoms with E-state index in [2.05, 4.69) is 9.88 Å². The second kappa shape index (κ2) is 12.0. The Bertz CT molecular complexity index is 1720. The summed E-state index contributed by atoms with van der Waals surface area (Å²) in [6.07, 6.45) is 3.52. The van der Waals surface area contributed by atoms with Gasteiger partial charge in [0, 0.05) is 47.6 Å². The van der Waals surface area contributed by atoms with Crippen LogP contribution in [0, 0.1) is 5.92 Å². The number of fused-ring (bicyclic) bond motifs is 2. The number of carboxylic acids is 1. The summed E-state index contributed by atoms with van der Waals surface area (Å²) in [5, 5.41) is 33.3. The van der Waals surface area contributed by atoms with Crippen molar-refractivity contribution in [3.8, 4) is 11.5 Å². The number of primary amides is 1. The highest BCUT2D eigenvalue weighted by Gasteiger charge is 2.50.